The van der Waals surface area contributed by atoms with Crippen molar-refractivity contribution in [3.63, 3.8) is 0 Å². The van der Waals surface area contributed by atoms with Gasteiger partial charge in [-0.2, -0.15) is 0 Å². The van der Waals surface area contributed by atoms with Crippen LogP contribution in [0.5, 0.6) is 11.5 Å². The van der Waals surface area contributed by atoms with E-state index in [9.17, 15) is 10.2 Å². The maximum atomic E-state index is 10.2. The van der Waals surface area contributed by atoms with Crippen molar-refractivity contribution in [1.29, 1.82) is 0 Å². The molecule has 1 heterocycles. The summed E-state index contributed by atoms with van der Waals surface area (Å²) in [5.74, 6) is 1.53. The Morgan fingerprint density at radius 2 is 1.41 bits per heavy atom. The molecule has 0 radical (unpaired) electrons. The van der Waals surface area contributed by atoms with E-state index >= 15 is 0 Å². The normalized spacial score (nSPS) is 13.6. The lowest BCUT2D eigenvalue weighted by atomic mass is 9.78. The van der Waals surface area contributed by atoms with Gasteiger partial charge in [0.25, 0.3) is 0 Å². The molecule has 0 aliphatic rings. The molecular weight excluding hydrogens is 430 g/mol. The van der Waals surface area contributed by atoms with E-state index in [2.05, 4.69) is 24.2 Å². The number of hydrogen-bond donors (Lipinski definition) is 2. The largest absolute Gasteiger partial charge is 0.491 e. The lowest BCUT2D eigenvalue weighted by Gasteiger charge is -2.26. The molecule has 0 saturated heterocycles. The minimum Gasteiger partial charge on any atom is -0.491 e. The Morgan fingerprint density at radius 1 is 0.906 bits per heavy atom. The van der Waals surface area contributed by atoms with Crippen LogP contribution in [-0.4, -0.2) is 56.5 Å². The zero-order valence-electron chi connectivity index (χ0n) is 18.6. The van der Waals surface area contributed by atoms with E-state index in [0.29, 0.717) is 18.0 Å². The summed E-state index contributed by atoms with van der Waals surface area (Å²) < 4.78 is 12.9. The highest BCUT2D eigenvalue weighted by Crippen LogP contribution is 2.33. The number of hydrogen-bond acceptors (Lipinski definition) is 6. The highest BCUT2D eigenvalue weighted by molar-refractivity contribution is 6.18. The molecule has 8 heteroatoms. The summed E-state index contributed by atoms with van der Waals surface area (Å²) >= 11 is 5.59. The number of benzene rings is 2. The SMILES string of the molecule is Cc1cn(C[C@@H](O)COc2ccc(C(C)(C)c3ccc(OC[C@@H](O)CCl)cc3)cc2)nn1. The van der Waals surface area contributed by atoms with Gasteiger partial charge in [0.2, 0.25) is 0 Å². The molecule has 2 aromatic carbocycles. The summed E-state index contributed by atoms with van der Waals surface area (Å²) in [6.07, 6.45) is 0.419. The maximum Gasteiger partial charge on any atom is 0.119 e. The Kier molecular flexibility index (Phi) is 8.12. The van der Waals surface area contributed by atoms with Gasteiger partial charge in [-0.3, -0.25) is 0 Å². The van der Waals surface area contributed by atoms with Crippen LogP contribution in [0.2, 0.25) is 0 Å². The van der Waals surface area contributed by atoms with Crippen molar-refractivity contribution < 1.29 is 19.7 Å². The van der Waals surface area contributed by atoms with Gasteiger partial charge >= 0.3 is 0 Å². The number of alkyl halides is 1. The summed E-state index contributed by atoms with van der Waals surface area (Å²) in [7, 11) is 0. The number of aliphatic hydroxyl groups is 2. The van der Waals surface area contributed by atoms with Gasteiger partial charge in [0.15, 0.2) is 0 Å². The molecule has 0 bridgehead atoms. The zero-order chi connectivity index (χ0) is 23.1. The summed E-state index contributed by atoms with van der Waals surface area (Å²) in [5, 5.41) is 27.5. The van der Waals surface area contributed by atoms with Crippen LogP contribution < -0.4 is 9.47 Å². The van der Waals surface area contributed by atoms with Crippen molar-refractivity contribution in [2.75, 3.05) is 19.1 Å². The van der Waals surface area contributed by atoms with Crippen molar-refractivity contribution >= 4 is 11.6 Å². The molecule has 2 N–H and O–H groups in total. The van der Waals surface area contributed by atoms with Crippen molar-refractivity contribution in [1.82, 2.24) is 15.0 Å². The van der Waals surface area contributed by atoms with Crippen molar-refractivity contribution in [2.24, 2.45) is 0 Å². The van der Waals surface area contributed by atoms with Gasteiger partial charge in [-0.1, -0.05) is 43.3 Å². The minimum absolute atomic E-state index is 0.144. The van der Waals surface area contributed by atoms with Crippen LogP contribution in [0.4, 0.5) is 0 Å². The van der Waals surface area contributed by atoms with Crippen molar-refractivity contribution in [3.05, 3.63) is 71.5 Å². The van der Waals surface area contributed by atoms with Crippen molar-refractivity contribution in [2.45, 2.75) is 44.9 Å². The predicted octanol–water partition coefficient (Wildman–Crippen LogP) is 3.33. The number of aromatic nitrogens is 3. The molecule has 172 valence electrons. The van der Waals surface area contributed by atoms with E-state index in [0.717, 1.165) is 16.8 Å². The first kappa shape index (κ1) is 24.0. The number of nitrogens with zero attached hydrogens (tertiary/aromatic N) is 3. The second-order valence-corrected chi connectivity index (χ2v) is 8.65. The monoisotopic (exact) mass is 459 g/mol. The molecule has 0 spiro atoms. The van der Waals surface area contributed by atoms with Crippen LogP contribution in [0.1, 0.15) is 30.7 Å². The number of ether oxygens (including phenoxy) is 2. The van der Waals surface area contributed by atoms with Gasteiger partial charge in [0, 0.05) is 11.6 Å². The van der Waals surface area contributed by atoms with Crippen LogP contribution in [0.3, 0.4) is 0 Å². The van der Waals surface area contributed by atoms with Gasteiger partial charge in [0.1, 0.15) is 36.9 Å². The van der Waals surface area contributed by atoms with E-state index in [1.807, 2.05) is 55.5 Å². The summed E-state index contributed by atoms with van der Waals surface area (Å²) in [4.78, 5) is 0. The molecule has 0 saturated carbocycles. The van der Waals surface area contributed by atoms with E-state index in [-0.39, 0.29) is 24.5 Å². The molecule has 3 aromatic rings. The van der Waals surface area contributed by atoms with Gasteiger partial charge in [0.05, 0.1) is 18.1 Å². The lowest BCUT2D eigenvalue weighted by molar-refractivity contribution is 0.0888. The highest BCUT2D eigenvalue weighted by Gasteiger charge is 2.23. The van der Waals surface area contributed by atoms with Gasteiger partial charge < -0.3 is 19.7 Å². The molecule has 0 unspecified atom stereocenters. The van der Waals surface area contributed by atoms with Crippen LogP contribution in [0, 0.1) is 6.92 Å². The minimum atomic E-state index is -0.682. The van der Waals surface area contributed by atoms with E-state index in [4.69, 9.17) is 21.1 Å². The lowest BCUT2D eigenvalue weighted by Crippen LogP contribution is -2.24. The number of aliphatic hydroxyl groups excluding tert-OH is 2. The first-order valence-corrected chi connectivity index (χ1v) is 11.1. The van der Waals surface area contributed by atoms with Crippen molar-refractivity contribution in [3.8, 4) is 11.5 Å². The topological polar surface area (TPSA) is 89.6 Å². The third-order valence-corrected chi connectivity index (χ3v) is 5.62. The second kappa shape index (κ2) is 10.8. The molecule has 2 atom stereocenters. The van der Waals surface area contributed by atoms with E-state index in [1.165, 1.54) is 0 Å². The average molecular weight is 460 g/mol. The summed E-state index contributed by atoms with van der Waals surface area (Å²) in [6.45, 7) is 6.82. The molecule has 3 rings (SSSR count). The zero-order valence-corrected chi connectivity index (χ0v) is 19.4. The molecule has 0 fully saturated rings. The van der Waals surface area contributed by atoms with Crippen LogP contribution in [0.25, 0.3) is 0 Å². The fourth-order valence-electron chi connectivity index (χ4n) is 3.28. The Morgan fingerprint density at radius 3 is 1.84 bits per heavy atom. The van der Waals surface area contributed by atoms with Gasteiger partial charge in [-0.15, -0.1) is 16.7 Å². The Labute approximate surface area is 193 Å². The smallest absolute Gasteiger partial charge is 0.119 e. The Balaban J connectivity index is 1.56. The first-order chi connectivity index (χ1) is 15.3. The maximum absolute atomic E-state index is 10.2. The highest BCUT2D eigenvalue weighted by atomic mass is 35.5. The third-order valence-electron chi connectivity index (χ3n) is 5.27. The summed E-state index contributed by atoms with van der Waals surface area (Å²) in [5.41, 5.74) is 2.85. The van der Waals surface area contributed by atoms with E-state index < -0.39 is 12.2 Å². The first-order valence-electron chi connectivity index (χ1n) is 10.5. The fourth-order valence-corrected chi connectivity index (χ4v) is 3.37. The average Bonchev–Trinajstić information content (AvgIpc) is 3.20. The van der Waals surface area contributed by atoms with Gasteiger partial charge in [-0.05, 0) is 42.3 Å². The molecule has 7 nitrogen and oxygen atoms in total. The molecule has 0 amide bonds. The second-order valence-electron chi connectivity index (χ2n) is 8.34. The quantitative estimate of drug-likeness (QED) is 0.427. The molecule has 0 aliphatic heterocycles. The number of aryl methyl sites for hydroxylation is 1. The number of rotatable bonds is 11. The van der Waals surface area contributed by atoms with Crippen LogP contribution in [0.15, 0.2) is 54.7 Å². The molecule has 1 aromatic heterocycles. The predicted molar refractivity (Wildman–Crippen MR) is 123 cm³/mol. The third kappa shape index (κ3) is 6.45. The Hall–Kier alpha value is -2.61. The molecular formula is C24H30ClN3O4. The van der Waals surface area contributed by atoms with Crippen LogP contribution >= 0.6 is 11.6 Å². The Bertz CT molecular complexity index is 974. The standard InChI is InChI=1S/C24H30ClN3O4/c1-17-13-28(27-26-17)14-21(30)16-32-23-10-6-19(7-11-23)24(2,3)18-4-8-22(9-5-18)31-15-20(29)12-25/h4-11,13,20-21,29-30H,12,14-16H2,1-3H3/t20-,21+/m0/s1. The fraction of sp³-hybridized carbons (Fsp3) is 0.417. The van der Waals surface area contributed by atoms with Crippen LogP contribution in [-0.2, 0) is 12.0 Å². The molecule has 32 heavy (non-hydrogen) atoms. The molecule has 0 aliphatic carbocycles. The number of halogens is 1. The summed E-state index contributed by atoms with van der Waals surface area (Å²) in [6, 6.07) is 15.7. The van der Waals surface area contributed by atoms with Gasteiger partial charge in [-0.25, -0.2) is 4.68 Å². The van der Waals surface area contributed by atoms with E-state index in [1.54, 1.807) is 10.9 Å².